The van der Waals surface area contributed by atoms with Gasteiger partial charge in [0.25, 0.3) is 0 Å². The van der Waals surface area contributed by atoms with E-state index in [4.69, 9.17) is 5.11 Å². The minimum Gasteiger partial charge on any atom is -0.480 e. The number of hydrogen-bond donors (Lipinski definition) is 2. The second-order valence-corrected chi connectivity index (χ2v) is 5.74. The topological polar surface area (TPSA) is 83.5 Å². The van der Waals surface area contributed by atoms with Gasteiger partial charge >= 0.3 is 5.97 Å². The molecule has 1 aromatic rings. The smallest absolute Gasteiger partial charge is 0.320 e. The Bertz CT molecular complexity index is 424. The van der Waals surface area contributed by atoms with Crippen LogP contribution in [0.5, 0.6) is 0 Å². The molecule has 5 nitrogen and oxygen atoms in total. The van der Waals surface area contributed by atoms with Crippen molar-refractivity contribution in [1.29, 1.82) is 0 Å². The van der Waals surface area contributed by atoms with Crippen molar-refractivity contribution in [3.63, 3.8) is 0 Å². The van der Waals surface area contributed by atoms with E-state index in [2.05, 4.69) is 4.72 Å². The SMILES string of the molecule is C[C@@H](NS(=O)(=O)CC(=O)O)c1cccs1. The average Bonchev–Trinajstić information content (AvgIpc) is 2.50. The number of carboxylic acids is 1. The molecule has 1 atom stereocenters. The Morgan fingerprint density at radius 3 is 2.80 bits per heavy atom. The number of carboxylic acid groups (broad SMARTS) is 1. The Morgan fingerprint density at radius 1 is 1.67 bits per heavy atom. The molecule has 0 unspecified atom stereocenters. The summed E-state index contributed by atoms with van der Waals surface area (Å²) in [5, 5.41) is 10.2. The van der Waals surface area contributed by atoms with Gasteiger partial charge in [-0.05, 0) is 18.4 Å². The molecular formula is C8H11NO4S2. The second kappa shape index (κ2) is 4.73. The summed E-state index contributed by atoms with van der Waals surface area (Å²) < 4.78 is 24.8. The molecule has 0 aliphatic heterocycles. The second-order valence-electron chi connectivity index (χ2n) is 3.01. The molecule has 15 heavy (non-hydrogen) atoms. The fourth-order valence-corrected chi connectivity index (χ4v) is 2.95. The highest BCUT2D eigenvalue weighted by atomic mass is 32.2. The molecule has 1 rings (SSSR count). The van der Waals surface area contributed by atoms with Crippen molar-refractivity contribution in [2.45, 2.75) is 13.0 Å². The fraction of sp³-hybridized carbons (Fsp3) is 0.375. The van der Waals surface area contributed by atoms with E-state index in [0.29, 0.717) is 0 Å². The summed E-state index contributed by atoms with van der Waals surface area (Å²) in [5.41, 5.74) is 0. The predicted molar refractivity (Wildman–Crippen MR) is 57.3 cm³/mol. The molecule has 1 aromatic heterocycles. The van der Waals surface area contributed by atoms with E-state index in [9.17, 15) is 13.2 Å². The zero-order valence-corrected chi connectivity index (χ0v) is 9.64. The molecule has 0 saturated carbocycles. The Morgan fingerprint density at radius 2 is 2.33 bits per heavy atom. The molecule has 0 bridgehead atoms. The minimum absolute atomic E-state index is 0.394. The van der Waals surface area contributed by atoms with Crippen LogP contribution in [0, 0.1) is 0 Å². The Kier molecular flexibility index (Phi) is 3.83. The molecule has 0 amide bonds. The lowest BCUT2D eigenvalue weighted by Crippen LogP contribution is -2.31. The van der Waals surface area contributed by atoms with E-state index in [1.807, 2.05) is 11.4 Å². The maximum absolute atomic E-state index is 11.3. The van der Waals surface area contributed by atoms with Crippen molar-refractivity contribution >= 4 is 27.3 Å². The van der Waals surface area contributed by atoms with Gasteiger partial charge in [-0.3, -0.25) is 4.79 Å². The summed E-state index contributed by atoms with van der Waals surface area (Å²) in [6.07, 6.45) is 0. The van der Waals surface area contributed by atoms with Crippen LogP contribution in [0.15, 0.2) is 17.5 Å². The highest BCUT2D eigenvalue weighted by molar-refractivity contribution is 7.90. The number of aliphatic carboxylic acids is 1. The highest BCUT2D eigenvalue weighted by Gasteiger charge is 2.19. The van der Waals surface area contributed by atoms with Crippen molar-refractivity contribution in [2.75, 3.05) is 5.75 Å². The third-order valence-corrected chi connectivity index (χ3v) is 4.03. The minimum atomic E-state index is -3.75. The zero-order valence-electron chi connectivity index (χ0n) is 8.00. The van der Waals surface area contributed by atoms with Gasteiger partial charge in [0.1, 0.15) is 0 Å². The van der Waals surface area contributed by atoms with Crippen LogP contribution in [0.3, 0.4) is 0 Å². The molecule has 2 N–H and O–H groups in total. The quantitative estimate of drug-likeness (QED) is 0.809. The van der Waals surface area contributed by atoms with Gasteiger partial charge < -0.3 is 5.11 Å². The number of rotatable bonds is 5. The van der Waals surface area contributed by atoms with E-state index in [1.54, 1.807) is 13.0 Å². The number of nitrogens with one attached hydrogen (secondary N) is 1. The maximum Gasteiger partial charge on any atom is 0.320 e. The van der Waals surface area contributed by atoms with Gasteiger partial charge in [-0.25, -0.2) is 13.1 Å². The van der Waals surface area contributed by atoms with Gasteiger partial charge in [0, 0.05) is 4.88 Å². The van der Waals surface area contributed by atoms with Crippen LogP contribution in [0.4, 0.5) is 0 Å². The molecule has 0 radical (unpaired) electrons. The Labute approximate surface area is 91.8 Å². The van der Waals surface area contributed by atoms with E-state index >= 15 is 0 Å². The summed E-state index contributed by atoms with van der Waals surface area (Å²) in [4.78, 5) is 11.1. The first-order chi connectivity index (χ1) is 6.91. The number of thiophene rings is 1. The zero-order chi connectivity index (χ0) is 11.5. The van der Waals surface area contributed by atoms with E-state index in [0.717, 1.165) is 4.88 Å². The Balaban J connectivity index is 2.66. The van der Waals surface area contributed by atoms with Crippen LogP contribution < -0.4 is 4.72 Å². The van der Waals surface area contributed by atoms with Crippen molar-refractivity contribution in [2.24, 2.45) is 0 Å². The summed E-state index contributed by atoms with van der Waals surface area (Å²) in [6, 6.07) is 3.20. The molecular weight excluding hydrogens is 238 g/mol. The molecule has 0 spiro atoms. The number of carbonyl (C=O) groups is 1. The van der Waals surface area contributed by atoms with Crippen molar-refractivity contribution in [3.8, 4) is 0 Å². The molecule has 1 heterocycles. The molecule has 84 valence electrons. The van der Waals surface area contributed by atoms with Gasteiger partial charge in [0.15, 0.2) is 5.75 Å². The van der Waals surface area contributed by atoms with Crippen LogP contribution in [-0.4, -0.2) is 25.2 Å². The van der Waals surface area contributed by atoms with Crippen LogP contribution in [-0.2, 0) is 14.8 Å². The van der Waals surface area contributed by atoms with Gasteiger partial charge in [-0.2, -0.15) is 0 Å². The van der Waals surface area contributed by atoms with Crippen molar-refractivity contribution < 1.29 is 18.3 Å². The third-order valence-electron chi connectivity index (χ3n) is 1.64. The van der Waals surface area contributed by atoms with Crippen LogP contribution in [0.2, 0.25) is 0 Å². The van der Waals surface area contributed by atoms with Gasteiger partial charge in [-0.1, -0.05) is 6.07 Å². The van der Waals surface area contributed by atoms with E-state index in [-0.39, 0.29) is 0 Å². The van der Waals surface area contributed by atoms with E-state index < -0.39 is 27.8 Å². The highest BCUT2D eigenvalue weighted by Crippen LogP contribution is 2.18. The van der Waals surface area contributed by atoms with Gasteiger partial charge in [0.2, 0.25) is 10.0 Å². The van der Waals surface area contributed by atoms with Crippen molar-refractivity contribution in [1.82, 2.24) is 4.72 Å². The van der Waals surface area contributed by atoms with Gasteiger partial charge in [-0.15, -0.1) is 11.3 Å². The molecule has 0 aromatic carbocycles. The van der Waals surface area contributed by atoms with Gasteiger partial charge in [0.05, 0.1) is 6.04 Å². The largest absolute Gasteiger partial charge is 0.480 e. The van der Waals surface area contributed by atoms with E-state index in [1.165, 1.54) is 11.3 Å². The average molecular weight is 249 g/mol. The molecule has 0 saturated heterocycles. The first-order valence-corrected chi connectivity index (χ1v) is 6.69. The number of sulfonamides is 1. The van der Waals surface area contributed by atoms with Crippen molar-refractivity contribution in [3.05, 3.63) is 22.4 Å². The summed E-state index contributed by atoms with van der Waals surface area (Å²) in [5.74, 6) is -2.26. The molecule has 0 aliphatic rings. The normalized spacial score (nSPS) is 13.7. The standard InChI is InChI=1S/C8H11NO4S2/c1-6(7-3-2-4-14-7)9-15(12,13)5-8(10)11/h2-4,6,9H,5H2,1H3,(H,10,11)/t6-/m1/s1. The number of hydrogen-bond acceptors (Lipinski definition) is 4. The Hall–Kier alpha value is -0.920. The maximum atomic E-state index is 11.3. The lowest BCUT2D eigenvalue weighted by Gasteiger charge is -2.10. The first-order valence-electron chi connectivity index (χ1n) is 4.16. The molecule has 0 fully saturated rings. The lowest BCUT2D eigenvalue weighted by atomic mass is 10.3. The molecule has 7 heteroatoms. The lowest BCUT2D eigenvalue weighted by molar-refractivity contribution is -0.134. The predicted octanol–water partition coefficient (Wildman–Crippen LogP) is 0.813. The molecule has 0 aliphatic carbocycles. The van der Waals surface area contributed by atoms with Crippen LogP contribution >= 0.6 is 11.3 Å². The first kappa shape index (κ1) is 12.2. The summed E-state index contributed by atoms with van der Waals surface area (Å²) in [7, 11) is -3.75. The van der Waals surface area contributed by atoms with Crippen LogP contribution in [0.1, 0.15) is 17.8 Å². The summed E-state index contributed by atoms with van der Waals surface area (Å²) in [6.45, 7) is 1.67. The summed E-state index contributed by atoms with van der Waals surface area (Å²) >= 11 is 1.42. The van der Waals surface area contributed by atoms with Crippen LogP contribution in [0.25, 0.3) is 0 Å². The fourth-order valence-electron chi connectivity index (χ4n) is 1.07. The monoisotopic (exact) mass is 249 g/mol. The third kappa shape index (κ3) is 3.98.